The lowest BCUT2D eigenvalue weighted by atomic mass is 9.77. The van der Waals surface area contributed by atoms with Gasteiger partial charge in [-0.1, -0.05) is 32.9 Å². The number of nitrogens with zero attached hydrogens (tertiary/aromatic N) is 1. The summed E-state index contributed by atoms with van der Waals surface area (Å²) in [6.45, 7) is 7.35. The summed E-state index contributed by atoms with van der Waals surface area (Å²) in [5.74, 6) is 0.0785. The van der Waals surface area contributed by atoms with E-state index in [2.05, 4.69) is 6.07 Å². The van der Waals surface area contributed by atoms with Crippen LogP contribution in [0.3, 0.4) is 0 Å². The molecule has 0 saturated carbocycles. The molecule has 0 atom stereocenters. The van der Waals surface area contributed by atoms with E-state index < -0.39 is 15.3 Å². The van der Waals surface area contributed by atoms with E-state index in [1.165, 1.54) is 0 Å². The maximum Gasteiger partial charge on any atom is 0.178 e. The quantitative estimate of drug-likeness (QED) is 0.830. The van der Waals surface area contributed by atoms with Gasteiger partial charge in [-0.25, -0.2) is 8.42 Å². The maximum atomic E-state index is 12.1. The molecule has 1 rings (SSSR count). The highest BCUT2D eigenvalue weighted by Gasteiger charge is 2.29. The van der Waals surface area contributed by atoms with Crippen LogP contribution in [-0.2, 0) is 15.3 Å². The van der Waals surface area contributed by atoms with Gasteiger partial charge in [0.2, 0.25) is 0 Å². The Bertz CT molecular complexity index is 593. The Balaban J connectivity index is 3.52. The van der Waals surface area contributed by atoms with Gasteiger partial charge in [-0.15, -0.1) is 0 Å². The van der Waals surface area contributed by atoms with E-state index in [4.69, 9.17) is 0 Å². The molecule has 1 aromatic rings. The molecular weight excluding hydrogens is 258 g/mol. The predicted molar refractivity (Wildman–Crippen MR) is 76.8 cm³/mol. The second kappa shape index (κ2) is 5.75. The number of rotatable bonds is 5. The molecule has 0 amide bonds. The Morgan fingerprint density at radius 1 is 1.21 bits per heavy atom. The Morgan fingerprint density at radius 3 is 2.21 bits per heavy atom. The van der Waals surface area contributed by atoms with E-state index in [0.717, 1.165) is 11.1 Å². The fourth-order valence-electron chi connectivity index (χ4n) is 2.27. The van der Waals surface area contributed by atoms with Gasteiger partial charge in [0.05, 0.1) is 22.1 Å². The van der Waals surface area contributed by atoms with E-state index in [1.54, 1.807) is 26.0 Å². The molecule has 0 spiro atoms. The lowest BCUT2D eigenvalue weighted by Gasteiger charge is -2.25. The van der Waals surface area contributed by atoms with E-state index in [9.17, 15) is 13.7 Å². The smallest absolute Gasteiger partial charge is 0.178 e. The summed E-state index contributed by atoms with van der Waals surface area (Å²) in [5, 5.41) is 9.45. The Kier molecular flexibility index (Phi) is 4.75. The van der Waals surface area contributed by atoms with Crippen LogP contribution in [-0.4, -0.2) is 14.2 Å². The first-order valence-electron chi connectivity index (χ1n) is 6.62. The van der Waals surface area contributed by atoms with Gasteiger partial charge in [0.25, 0.3) is 0 Å². The zero-order chi connectivity index (χ0) is 14.7. The normalized spacial score (nSPS) is 12.2. The molecule has 0 aromatic heterocycles. The summed E-state index contributed by atoms with van der Waals surface area (Å²) in [6.07, 6.45) is 1.35. The van der Waals surface area contributed by atoms with E-state index in [0.29, 0.717) is 17.7 Å². The van der Waals surface area contributed by atoms with Crippen molar-refractivity contribution in [2.24, 2.45) is 0 Å². The third-order valence-electron chi connectivity index (χ3n) is 3.88. The minimum atomic E-state index is -3.25. The maximum absolute atomic E-state index is 12.1. The van der Waals surface area contributed by atoms with Crippen LogP contribution in [0.25, 0.3) is 0 Å². The minimum Gasteiger partial charge on any atom is -0.224 e. The van der Waals surface area contributed by atoms with Gasteiger partial charge in [-0.3, -0.25) is 0 Å². The minimum absolute atomic E-state index is 0.0785. The van der Waals surface area contributed by atoms with Crippen LogP contribution in [0, 0.1) is 18.3 Å². The molecule has 4 heteroatoms. The van der Waals surface area contributed by atoms with Gasteiger partial charge in [-0.2, -0.15) is 5.26 Å². The topological polar surface area (TPSA) is 57.9 Å². The average Bonchev–Trinajstić information content (AvgIpc) is 2.42. The van der Waals surface area contributed by atoms with Crippen LogP contribution in [0.1, 0.15) is 44.7 Å². The van der Waals surface area contributed by atoms with E-state index in [-0.39, 0.29) is 5.75 Å². The monoisotopic (exact) mass is 279 g/mol. The van der Waals surface area contributed by atoms with Crippen molar-refractivity contribution in [2.45, 2.75) is 50.8 Å². The third-order valence-corrected chi connectivity index (χ3v) is 5.75. The molecule has 0 unspecified atom stereocenters. The number of benzene rings is 1. The second-order valence-corrected chi connectivity index (χ2v) is 7.03. The highest BCUT2D eigenvalue weighted by molar-refractivity contribution is 7.91. The van der Waals surface area contributed by atoms with E-state index >= 15 is 0 Å². The molecule has 0 aliphatic rings. The number of nitriles is 1. The summed E-state index contributed by atoms with van der Waals surface area (Å²) in [5.41, 5.74) is 0.952. The molecule has 1 aromatic carbocycles. The molecular formula is C15H21NO2S. The third kappa shape index (κ3) is 2.82. The van der Waals surface area contributed by atoms with Crippen LogP contribution >= 0.6 is 0 Å². The van der Waals surface area contributed by atoms with Crippen LogP contribution in [0.5, 0.6) is 0 Å². The highest BCUT2D eigenvalue weighted by atomic mass is 32.2. The van der Waals surface area contributed by atoms with Crippen molar-refractivity contribution >= 4 is 9.84 Å². The molecule has 0 aliphatic carbocycles. The molecule has 19 heavy (non-hydrogen) atoms. The Hall–Kier alpha value is -1.34. The number of aryl methyl sites for hydroxylation is 1. The van der Waals surface area contributed by atoms with Gasteiger partial charge >= 0.3 is 0 Å². The first-order chi connectivity index (χ1) is 8.86. The van der Waals surface area contributed by atoms with Crippen molar-refractivity contribution < 1.29 is 8.42 Å². The van der Waals surface area contributed by atoms with Crippen molar-refractivity contribution in [3.63, 3.8) is 0 Å². The van der Waals surface area contributed by atoms with Gasteiger partial charge in [0.1, 0.15) is 0 Å². The Morgan fingerprint density at radius 2 is 1.79 bits per heavy atom. The largest absolute Gasteiger partial charge is 0.224 e. The SMILES string of the molecule is CCC(C#N)(CC)c1ccc(C)c(S(=O)(=O)CC)c1. The van der Waals surface area contributed by atoms with Crippen molar-refractivity contribution in [1.82, 2.24) is 0 Å². The van der Waals surface area contributed by atoms with E-state index in [1.807, 2.05) is 19.9 Å². The van der Waals surface area contributed by atoms with Crippen LogP contribution in [0.15, 0.2) is 23.1 Å². The average molecular weight is 279 g/mol. The number of hydrogen-bond donors (Lipinski definition) is 0. The van der Waals surface area contributed by atoms with Crippen molar-refractivity contribution in [2.75, 3.05) is 5.75 Å². The first kappa shape index (κ1) is 15.7. The number of hydrogen-bond acceptors (Lipinski definition) is 3. The fourth-order valence-corrected chi connectivity index (χ4v) is 3.45. The zero-order valence-electron chi connectivity index (χ0n) is 12.0. The standard InChI is InChI=1S/C15H21NO2S/c1-5-15(6-2,11-16)13-9-8-12(4)14(10-13)19(17,18)7-3/h8-10H,5-7H2,1-4H3. The molecule has 0 N–H and O–H groups in total. The zero-order valence-corrected chi connectivity index (χ0v) is 12.8. The predicted octanol–water partition coefficient (Wildman–Crippen LogP) is 3.37. The van der Waals surface area contributed by atoms with Crippen molar-refractivity contribution in [3.05, 3.63) is 29.3 Å². The van der Waals surface area contributed by atoms with Crippen molar-refractivity contribution in [1.29, 1.82) is 5.26 Å². The Labute approximate surface area is 116 Å². The van der Waals surface area contributed by atoms with Crippen LogP contribution in [0.2, 0.25) is 0 Å². The first-order valence-corrected chi connectivity index (χ1v) is 8.27. The van der Waals surface area contributed by atoms with Crippen LogP contribution in [0.4, 0.5) is 0 Å². The molecule has 0 aliphatic heterocycles. The van der Waals surface area contributed by atoms with Crippen molar-refractivity contribution in [3.8, 4) is 6.07 Å². The van der Waals surface area contributed by atoms with Gasteiger partial charge < -0.3 is 0 Å². The summed E-state index contributed by atoms with van der Waals surface area (Å²) in [7, 11) is -3.25. The van der Waals surface area contributed by atoms with Gasteiger partial charge in [-0.05, 0) is 37.0 Å². The molecule has 0 fully saturated rings. The fraction of sp³-hybridized carbons (Fsp3) is 0.533. The summed E-state index contributed by atoms with van der Waals surface area (Å²) in [4.78, 5) is 0.356. The summed E-state index contributed by atoms with van der Waals surface area (Å²) < 4.78 is 24.2. The molecule has 0 bridgehead atoms. The molecule has 0 heterocycles. The molecule has 3 nitrogen and oxygen atoms in total. The van der Waals surface area contributed by atoms with Crippen LogP contribution < -0.4 is 0 Å². The number of sulfone groups is 1. The lowest BCUT2D eigenvalue weighted by molar-refractivity contribution is 0.509. The lowest BCUT2D eigenvalue weighted by Crippen LogP contribution is -2.22. The van der Waals surface area contributed by atoms with Gasteiger partial charge in [0, 0.05) is 0 Å². The summed E-state index contributed by atoms with van der Waals surface area (Å²) in [6, 6.07) is 7.71. The molecule has 104 valence electrons. The highest BCUT2D eigenvalue weighted by Crippen LogP contribution is 2.33. The van der Waals surface area contributed by atoms with Gasteiger partial charge in [0.15, 0.2) is 9.84 Å². The second-order valence-electron chi connectivity index (χ2n) is 4.78. The molecule has 0 saturated heterocycles. The summed E-state index contributed by atoms with van der Waals surface area (Å²) >= 11 is 0. The molecule has 0 radical (unpaired) electrons.